The smallest absolute Gasteiger partial charge is 0.123 e. The van der Waals surface area contributed by atoms with Crippen molar-refractivity contribution in [1.82, 2.24) is 14.7 Å². The van der Waals surface area contributed by atoms with Crippen LogP contribution in [0.5, 0.6) is 5.75 Å². The standard InChI is InChI=1S/C26H30FN3O2S/c27-24-6-8-25(9-7-24)32-26-10-20-14-29(15-21(20)11-26)16-23(18-33-31)22-12-28-30(17-22)13-19-4-2-1-3-5-19/h1-9,12,17,20-21,23,26,31H,10-11,13-16,18H2/t20-,21+,23?,26?. The van der Waals surface area contributed by atoms with E-state index < -0.39 is 0 Å². The molecule has 3 aromatic rings. The SMILES string of the molecule is OSCC(CN1C[C@H]2CC(Oc3ccc(F)cc3)C[C@H]2C1)c1cnn(Cc2ccccc2)c1. The van der Waals surface area contributed by atoms with Crippen molar-refractivity contribution in [3.8, 4) is 5.75 Å². The minimum absolute atomic E-state index is 0.215. The van der Waals surface area contributed by atoms with Crippen molar-refractivity contribution in [3.05, 3.63) is 83.9 Å². The number of halogens is 1. The molecule has 1 N–H and O–H groups in total. The molecule has 0 amide bonds. The predicted molar refractivity (Wildman–Crippen MR) is 129 cm³/mol. The molecule has 1 saturated carbocycles. The van der Waals surface area contributed by atoms with E-state index in [1.165, 1.54) is 23.3 Å². The van der Waals surface area contributed by atoms with Crippen molar-refractivity contribution >= 4 is 12.0 Å². The maximum atomic E-state index is 13.1. The third-order valence-corrected chi connectivity index (χ3v) is 7.52. The highest BCUT2D eigenvalue weighted by Gasteiger charge is 2.42. The summed E-state index contributed by atoms with van der Waals surface area (Å²) >= 11 is 0.915. The second-order valence-electron chi connectivity index (χ2n) is 9.35. The monoisotopic (exact) mass is 467 g/mol. The molecule has 174 valence electrons. The summed E-state index contributed by atoms with van der Waals surface area (Å²) < 4.78 is 30.8. The van der Waals surface area contributed by atoms with Crippen molar-refractivity contribution < 1.29 is 13.7 Å². The van der Waals surface area contributed by atoms with Crippen LogP contribution in [0.4, 0.5) is 4.39 Å². The van der Waals surface area contributed by atoms with Crippen LogP contribution in [0.2, 0.25) is 0 Å². The van der Waals surface area contributed by atoms with Crippen molar-refractivity contribution in [2.45, 2.75) is 31.4 Å². The molecule has 1 aliphatic carbocycles. The lowest BCUT2D eigenvalue weighted by atomic mass is 10.0. The van der Waals surface area contributed by atoms with Crippen molar-refractivity contribution in [2.24, 2.45) is 11.8 Å². The first-order chi connectivity index (χ1) is 16.2. The molecule has 7 heteroatoms. The minimum atomic E-state index is -0.234. The van der Waals surface area contributed by atoms with Gasteiger partial charge in [-0.3, -0.25) is 4.68 Å². The van der Waals surface area contributed by atoms with E-state index in [1.807, 2.05) is 29.1 Å². The third kappa shape index (κ3) is 5.60. The van der Waals surface area contributed by atoms with Gasteiger partial charge in [0.1, 0.15) is 11.6 Å². The van der Waals surface area contributed by atoms with Gasteiger partial charge in [0.25, 0.3) is 0 Å². The van der Waals surface area contributed by atoms with Gasteiger partial charge in [-0.1, -0.05) is 30.3 Å². The van der Waals surface area contributed by atoms with Gasteiger partial charge in [-0.2, -0.15) is 5.10 Å². The highest BCUT2D eigenvalue weighted by atomic mass is 32.2. The Balaban J connectivity index is 1.15. The lowest BCUT2D eigenvalue weighted by Gasteiger charge is -2.24. The van der Waals surface area contributed by atoms with Gasteiger partial charge in [0.15, 0.2) is 0 Å². The van der Waals surface area contributed by atoms with Crippen LogP contribution in [-0.4, -0.2) is 50.7 Å². The highest BCUT2D eigenvalue weighted by molar-refractivity contribution is 7.93. The van der Waals surface area contributed by atoms with Crippen molar-refractivity contribution in [3.63, 3.8) is 0 Å². The number of hydrogen-bond acceptors (Lipinski definition) is 5. The molecule has 2 aliphatic rings. The molecule has 2 heterocycles. The molecule has 5 nitrogen and oxygen atoms in total. The molecule has 2 fully saturated rings. The zero-order valence-electron chi connectivity index (χ0n) is 18.6. The molecule has 5 rings (SSSR count). The zero-order chi connectivity index (χ0) is 22.6. The van der Waals surface area contributed by atoms with E-state index >= 15 is 0 Å². The molecule has 1 aliphatic heterocycles. The van der Waals surface area contributed by atoms with Crippen LogP contribution < -0.4 is 4.74 Å². The summed E-state index contributed by atoms with van der Waals surface area (Å²) in [6, 6.07) is 16.7. The summed E-state index contributed by atoms with van der Waals surface area (Å²) in [4.78, 5) is 2.54. The summed E-state index contributed by atoms with van der Waals surface area (Å²) in [6.45, 7) is 3.82. The fourth-order valence-electron chi connectivity index (χ4n) is 5.40. The maximum absolute atomic E-state index is 13.1. The van der Waals surface area contributed by atoms with E-state index in [0.717, 1.165) is 56.8 Å². The summed E-state index contributed by atoms with van der Waals surface area (Å²) in [5.74, 6) is 2.71. The highest BCUT2D eigenvalue weighted by Crippen LogP contribution is 2.40. The van der Waals surface area contributed by atoms with Gasteiger partial charge in [0.2, 0.25) is 0 Å². The predicted octanol–water partition coefficient (Wildman–Crippen LogP) is 5.15. The van der Waals surface area contributed by atoms with Crippen LogP contribution in [0.15, 0.2) is 67.0 Å². The molecule has 1 saturated heterocycles. The van der Waals surface area contributed by atoms with Crippen molar-refractivity contribution in [2.75, 3.05) is 25.4 Å². The average Bonchev–Trinajstić information content (AvgIpc) is 3.51. The van der Waals surface area contributed by atoms with Gasteiger partial charge in [-0.25, -0.2) is 4.39 Å². The van der Waals surface area contributed by atoms with Crippen LogP contribution in [-0.2, 0) is 6.54 Å². The van der Waals surface area contributed by atoms with Crippen LogP contribution >= 0.6 is 12.0 Å². The Morgan fingerprint density at radius 3 is 2.48 bits per heavy atom. The van der Waals surface area contributed by atoms with Gasteiger partial charge in [0.05, 0.1) is 18.8 Å². The molecule has 2 aromatic carbocycles. The number of hydrogen-bond donors (Lipinski definition) is 1. The first-order valence-corrected chi connectivity index (χ1v) is 12.6. The molecule has 33 heavy (non-hydrogen) atoms. The molecular weight excluding hydrogens is 437 g/mol. The number of likely N-dealkylation sites (tertiary alicyclic amines) is 1. The largest absolute Gasteiger partial charge is 0.490 e. The van der Waals surface area contributed by atoms with Crippen LogP contribution in [0, 0.1) is 17.7 Å². The van der Waals surface area contributed by atoms with E-state index in [0.29, 0.717) is 17.6 Å². The zero-order valence-corrected chi connectivity index (χ0v) is 19.4. The quantitative estimate of drug-likeness (QED) is 0.441. The molecule has 0 bridgehead atoms. The number of aromatic nitrogens is 2. The Morgan fingerprint density at radius 2 is 1.79 bits per heavy atom. The summed E-state index contributed by atoms with van der Waals surface area (Å²) in [5.41, 5.74) is 2.41. The number of fused-ring (bicyclic) bond motifs is 1. The van der Waals surface area contributed by atoms with E-state index in [2.05, 4.69) is 28.3 Å². The Bertz CT molecular complexity index is 1020. The summed E-state index contributed by atoms with van der Waals surface area (Å²) in [5, 5.41) is 4.57. The number of benzene rings is 2. The molecular formula is C26H30FN3O2S. The van der Waals surface area contributed by atoms with E-state index in [1.54, 1.807) is 12.1 Å². The second kappa shape index (κ2) is 10.3. The summed E-state index contributed by atoms with van der Waals surface area (Å²) in [6.07, 6.45) is 6.39. The lowest BCUT2D eigenvalue weighted by Crippen LogP contribution is -2.29. The van der Waals surface area contributed by atoms with Gasteiger partial charge in [0, 0.05) is 37.5 Å². The number of ether oxygens (including phenoxy) is 1. The first-order valence-electron chi connectivity index (χ1n) is 11.6. The minimum Gasteiger partial charge on any atom is -0.490 e. The maximum Gasteiger partial charge on any atom is 0.123 e. The molecule has 0 spiro atoms. The second-order valence-corrected chi connectivity index (χ2v) is 9.94. The van der Waals surface area contributed by atoms with Gasteiger partial charge < -0.3 is 14.2 Å². The normalized spacial score (nSPS) is 23.5. The van der Waals surface area contributed by atoms with E-state index in [4.69, 9.17) is 4.74 Å². The Labute approximate surface area is 198 Å². The van der Waals surface area contributed by atoms with Crippen LogP contribution in [0.3, 0.4) is 0 Å². The van der Waals surface area contributed by atoms with Gasteiger partial charge in [-0.05, 0) is 72.1 Å². The van der Waals surface area contributed by atoms with E-state index in [9.17, 15) is 8.94 Å². The Kier molecular flexibility index (Phi) is 6.99. The number of rotatable bonds is 9. The Hall–Kier alpha value is -2.35. The first kappa shape index (κ1) is 22.4. The number of nitrogens with zero attached hydrogens (tertiary/aromatic N) is 3. The van der Waals surface area contributed by atoms with Gasteiger partial charge >= 0.3 is 0 Å². The van der Waals surface area contributed by atoms with Crippen molar-refractivity contribution in [1.29, 1.82) is 0 Å². The summed E-state index contributed by atoms with van der Waals surface area (Å²) in [7, 11) is 0. The third-order valence-electron chi connectivity index (χ3n) is 6.97. The molecule has 0 radical (unpaired) electrons. The fraction of sp³-hybridized carbons (Fsp3) is 0.423. The van der Waals surface area contributed by atoms with E-state index in [-0.39, 0.29) is 17.8 Å². The molecule has 4 atom stereocenters. The van der Waals surface area contributed by atoms with Gasteiger partial charge in [-0.15, -0.1) is 0 Å². The van der Waals surface area contributed by atoms with Crippen LogP contribution in [0.25, 0.3) is 0 Å². The lowest BCUT2D eigenvalue weighted by molar-refractivity contribution is 0.184. The molecule has 1 aromatic heterocycles. The average molecular weight is 468 g/mol. The Morgan fingerprint density at radius 1 is 1.06 bits per heavy atom. The molecule has 2 unspecified atom stereocenters. The topological polar surface area (TPSA) is 50.5 Å². The fourth-order valence-corrected chi connectivity index (χ4v) is 5.87. The van der Waals surface area contributed by atoms with Crippen LogP contribution in [0.1, 0.15) is 29.9 Å².